The maximum absolute atomic E-state index is 11.7. The van der Waals surface area contributed by atoms with Crippen LogP contribution >= 0.6 is 15.9 Å². The van der Waals surface area contributed by atoms with E-state index in [0.717, 1.165) is 30.3 Å². The quantitative estimate of drug-likeness (QED) is 0.849. The normalized spacial score (nSPS) is 18.8. The second-order valence-corrected chi connectivity index (χ2v) is 5.13. The van der Waals surface area contributed by atoms with Gasteiger partial charge in [0, 0.05) is 18.5 Å². The van der Waals surface area contributed by atoms with Gasteiger partial charge in [-0.2, -0.15) is 0 Å². The van der Waals surface area contributed by atoms with E-state index >= 15 is 0 Å². The van der Waals surface area contributed by atoms with Crippen LogP contribution in [0.5, 0.6) is 0 Å². The fourth-order valence-corrected chi connectivity index (χ4v) is 2.46. The van der Waals surface area contributed by atoms with Gasteiger partial charge in [0.25, 0.3) is 0 Å². The van der Waals surface area contributed by atoms with Gasteiger partial charge in [0.15, 0.2) is 0 Å². The predicted molar refractivity (Wildman–Crippen MR) is 74.5 cm³/mol. The van der Waals surface area contributed by atoms with Crippen molar-refractivity contribution in [3.8, 4) is 0 Å². The average Bonchev–Trinajstić information content (AvgIpc) is 2.89. The zero-order valence-electron chi connectivity index (χ0n) is 10.3. The molecular weight excluding hydrogens is 294 g/mol. The minimum Gasteiger partial charge on any atom is -0.378 e. The summed E-state index contributed by atoms with van der Waals surface area (Å²) in [6.07, 6.45) is 2.69. The van der Waals surface area contributed by atoms with Crippen molar-refractivity contribution in [3.05, 3.63) is 35.4 Å². The smallest absolute Gasteiger partial charge is 0.222 e. The van der Waals surface area contributed by atoms with Gasteiger partial charge in [0.2, 0.25) is 5.91 Å². The third-order valence-corrected chi connectivity index (χ3v) is 3.72. The number of hydrogen-bond acceptors (Lipinski definition) is 2. The van der Waals surface area contributed by atoms with Crippen LogP contribution in [-0.2, 0) is 21.4 Å². The summed E-state index contributed by atoms with van der Waals surface area (Å²) in [5, 5.41) is 3.78. The Morgan fingerprint density at radius 3 is 3.00 bits per heavy atom. The SMILES string of the molecule is O=C(CC1CCCO1)NCc1cccc(CBr)c1. The molecular formula is C14H18BrNO2. The van der Waals surface area contributed by atoms with Crippen molar-refractivity contribution in [1.82, 2.24) is 5.32 Å². The molecule has 1 aliphatic rings. The highest BCUT2D eigenvalue weighted by Crippen LogP contribution is 2.15. The summed E-state index contributed by atoms with van der Waals surface area (Å²) in [6.45, 7) is 1.39. The Balaban J connectivity index is 1.77. The molecule has 1 atom stereocenters. The Morgan fingerprint density at radius 2 is 2.28 bits per heavy atom. The molecule has 3 nitrogen and oxygen atoms in total. The monoisotopic (exact) mass is 311 g/mol. The Morgan fingerprint density at radius 1 is 1.44 bits per heavy atom. The first-order valence-corrected chi connectivity index (χ1v) is 7.42. The molecule has 0 aromatic heterocycles. The standard InChI is InChI=1S/C14H18BrNO2/c15-9-11-3-1-4-12(7-11)10-16-14(17)8-13-5-2-6-18-13/h1,3-4,7,13H,2,5-6,8-10H2,(H,16,17). The molecule has 0 spiro atoms. The first kappa shape index (κ1) is 13.6. The Bertz CT molecular complexity index is 403. The van der Waals surface area contributed by atoms with E-state index in [1.165, 1.54) is 5.56 Å². The summed E-state index contributed by atoms with van der Waals surface area (Å²) in [6, 6.07) is 8.20. The van der Waals surface area contributed by atoms with E-state index in [-0.39, 0.29) is 12.0 Å². The highest BCUT2D eigenvalue weighted by atomic mass is 79.9. The first-order valence-electron chi connectivity index (χ1n) is 6.30. The van der Waals surface area contributed by atoms with Gasteiger partial charge in [-0.25, -0.2) is 0 Å². The third-order valence-electron chi connectivity index (χ3n) is 3.07. The second kappa shape index (κ2) is 6.90. The topological polar surface area (TPSA) is 38.3 Å². The Kier molecular flexibility index (Phi) is 5.20. The van der Waals surface area contributed by atoms with Crippen molar-refractivity contribution >= 4 is 21.8 Å². The van der Waals surface area contributed by atoms with Crippen LogP contribution in [0.1, 0.15) is 30.4 Å². The van der Waals surface area contributed by atoms with E-state index in [1.807, 2.05) is 12.1 Å². The van der Waals surface area contributed by atoms with Crippen molar-refractivity contribution in [2.24, 2.45) is 0 Å². The van der Waals surface area contributed by atoms with Crippen LogP contribution in [0.15, 0.2) is 24.3 Å². The number of alkyl halides is 1. The zero-order valence-corrected chi connectivity index (χ0v) is 11.9. The van der Waals surface area contributed by atoms with Gasteiger partial charge in [0.05, 0.1) is 12.5 Å². The molecule has 4 heteroatoms. The maximum Gasteiger partial charge on any atom is 0.222 e. The van der Waals surface area contributed by atoms with E-state index in [4.69, 9.17) is 4.74 Å². The van der Waals surface area contributed by atoms with Gasteiger partial charge >= 0.3 is 0 Å². The zero-order chi connectivity index (χ0) is 12.8. The van der Waals surface area contributed by atoms with Gasteiger partial charge in [-0.1, -0.05) is 40.2 Å². The summed E-state index contributed by atoms with van der Waals surface area (Å²) in [5.41, 5.74) is 2.36. The lowest BCUT2D eigenvalue weighted by atomic mass is 10.1. The van der Waals surface area contributed by atoms with E-state index < -0.39 is 0 Å². The van der Waals surface area contributed by atoms with Crippen LogP contribution in [0.4, 0.5) is 0 Å². The number of benzene rings is 1. The minimum atomic E-state index is 0.0751. The highest BCUT2D eigenvalue weighted by molar-refractivity contribution is 9.08. The number of nitrogens with one attached hydrogen (secondary N) is 1. The van der Waals surface area contributed by atoms with Crippen molar-refractivity contribution in [1.29, 1.82) is 0 Å². The summed E-state index contributed by atoms with van der Waals surface area (Å²) < 4.78 is 5.45. The molecule has 1 amide bonds. The van der Waals surface area contributed by atoms with Crippen LogP contribution in [0, 0.1) is 0 Å². The number of ether oxygens (including phenoxy) is 1. The number of amides is 1. The third kappa shape index (κ3) is 4.10. The molecule has 0 aliphatic carbocycles. The number of hydrogen-bond donors (Lipinski definition) is 1. The molecule has 1 saturated heterocycles. The first-order chi connectivity index (χ1) is 8.78. The van der Waals surface area contributed by atoms with Gasteiger partial charge in [-0.15, -0.1) is 0 Å². The van der Waals surface area contributed by atoms with Gasteiger partial charge in [-0.05, 0) is 24.0 Å². The predicted octanol–water partition coefficient (Wildman–Crippen LogP) is 2.77. The highest BCUT2D eigenvalue weighted by Gasteiger charge is 2.18. The molecule has 1 unspecified atom stereocenters. The van der Waals surface area contributed by atoms with E-state index in [2.05, 4.69) is 33.4 Å². The van der Waals surface area contributed by atoms with Crippen molar-refractivity contribution < 1.29 is 9.53 Å². The molecule has 1 aromatic rings. The molecule has 1 N–H and O–H groups in total. The summed E-state index contributed by atoms with van der Waals surface area (Å²) in [5.74, 6) is 0.0751. The Labute approximate surface area is 116 Å². The second-order valence-electron chi connectivity index (χ2n) is 4.57. The molecule has 1 fully saturated rings. The fraction of sp³-hybridized carbons (Fsp3) is 0.500. The molecule has 1 heterocycles. The van der Waals surface area contributed by atoms with Crippen molar-refractivity contribution in [2.75, 3.05) is 6.61 Å². The molecule has 0 bridgehead atoms. The largest absolute Gasteiger partial charge is 0.378 e. The molecule has 0 radical (unpaired) electrons. The minimum absolute atomic E-state index is 0.0751. The van der Waals surface area contributed by atoms with E-state index in [9.17, 15) is 4.79 Å². The van der Waals surface area contributed by atoms with Crippen LogP contribution in [-0.4, -0.2) is 18.6 Å². The molecule has 1 aromatic carbocycles. The molecule has 1 aliphatic heterocycles. The fourth-order valence-electron chi connectivity index (χ4n) is 2.11. The molecule has 98 valence electrons. The lowest BCUT2D eigenvalue weighted by Crippen LogP contribution is -2.26. The van der Waals surface area contributed by atoms with Gasteiger partial charge in [0.1, 0.15) is 0 Å². The number of halogens is 1. The summed E-state index contributed by atoms with van der Waals surface area (Å²) in [7, 11) is 0. The van der Waals surface area contributed by atoms with Crippen LogP contribution in [0.25, 0.3) is 0 Å². The van der Waals surface area contributed by atoms with Crippen LogP contribution in [0.2, 0.25) is 0 Å². The van der Waals surface area contributed by atoms with Crippen molar-refractivity contribution in [2.45, 2.75) is 37.2 Å². The van der Waals surface area contributed by atoms with Gasteiger partial charge < -0.3 is 10.1 Å². The lowest BCUT2D eigenvalue weighted by molar-refractivity contribution is -0.123. The Hall–Kier alpha value is -0.870. The number of carbonyl (C=O) groups excluding carboxylic acids is 1. The van der Waals surface area contributed by atoms with Gasteiger partial charge in [-0.3, -0.25) is 4.79 Å². The molecule has 0 saturated carbocycles. The van der Waals surface area contributed by atoms with Crippen molar-refractivity contribution in [3.63, 3.8) is 0 Å². The molecule has 2 rings (SSSR count). The van der Waals surface area contributed by atoms with Crippen LogP contribution in [0.3, 0.4) is 0 Å². The summed E-state index contributed by atoms with van der Waals surface area (Å²) in [4.78, 5) is 11.7. The average molecular weight is 312 g/mol. The maximum atomic E-state index is 11.7. The lowest BCUT2D eigenvalue weighted by Gasteiger charge is -2.10. The number of rotatable bonds is 5. The molecule has 18 heavy (non-hydrogen) atoms. The van der Waals surface area contributed by atoms with E-state index in [0.29, 0.717) is 13.0 Å². The van der Waals surface area contributed by atoms with Crippen LogP contribution < -0.4 is 5.32 Å². The number of carbonyl (C=O) groups is 1. The summed E-state index contributed by atoms with van der Waals surface area (Å²) >= 11 is 3.43. The van der Waals surface area contributed by atoms with E-state index in [1.54, 1.807) is 0 Å².